The van der Waals surface area contributed by atoms with Gasteiger partial charge in [-0.2, -0.15) is 4.98 Å². The summed E-state index contributed by atoms with van der Waals surface area (Å²) in [6.07, 6.45) is 4.52. The molecule has 23 heavy (non-hydrogen) atoms. The van der Waals surface area contributed by atoms with Crippen molar-refractivity contribution in [2.24, 2.45) is 5.92 Å². The van der Waals surface area contributed by atoms with E-state index in [2.05, 4.69) is 20.2 Å². The molecule has 0 saturated carbocycles. The molecule has 126 valence electrons. The number of rotatable bonds is 4. The van der Waals surface area contributed by atoms with Crippen LogP contribution in [0, 0.1) is 5.92 Å². The van der Waals surface area contributed by atoms with Crippen LogP contribution < -0.4 is 10.2 Å². The molecule has 7 nitrogen and oxygen atoms in total. The summed E-state index contributed by atoms with van der Waals surface area (Å²) in [6.45, 7) is 4.72. The molecule has 0 bridgehead atoms. The summed E-state index contributed by atoms with van der Waals surface area (Å²) in [4.78, 5) is 25.2. The molecular formula is C16H25N5O2. The fourth-order valence-corrected chi connectivity index (χ4v) is 3.20. The Bertz CT molecular complexity index is 525. The van der Waals surface area contributed by atoms with Gasteiger partial charge in [-0.25, -0.2) is 4.98 Å². The Morgan fingerprint density at radius 1 is 1.30 bits per heavy atom. The number of piperidine rings is 1. The zero-order valence-corrected chi connectivity index (χ0v) is 13.7. The molecule has 7 heteroatoms. The Hall–Kier alpha value is -1.89. The van der Waals surface area contributed by atoms with Gasteiger partial charge in [-0.05, 0) is 24.8 Å². The van der Waals surface area contributed by atoms with Crippen molar-refractivity contribution in [3.8, 4) is 0 Å². The van der Waals surface area contributed by atoms with Gasteiger partial charge in [0.25, 0.3) is 0 Å². The van der Waals surface area contributed by atoms with Crippen LogP contribution in [-0.2, 0) is 9.53 Å². The van der Waals surface area contributed by atoms with Gasteiger partial charge in [0, 0.05) is 45.8 Å². The van der Waals surface area contributed by atoms with Crippen LogP contribution in [0.5, 0.6) is 0 Å². The molecule has 2 aliphatic rings. The zero-order chi connectivity index (χ0) is 16.1. The predicted octanol–water partition coefficient (Wildman–Crippen LogP) is 0.984. The summed E-state index contributed by atoms with van der Waals surface area (Å²) in [5.74, 6) is 2.37. The lowest BCUT2D eigenvalue weighted by atomic mass is 9.93. The Morgan fingerprint density at radius 2 is 2.04 bits per heavy atom. The number of hydrogen-bond donors (Lipinski definition) is 1. The SMILES string of the molecule is CNc1nccc(N2CCC(CC(=O)N3CCOCC3)CC2)n1. The number of anilines is 2. The van der Waals surface area contributed by atoms with Crippen LogP contribution in [0.4, 0.5) is 11.8 Å². The van der Waals surface area contributed by atoms with Crippen LogP contribution in [0.2, 0.25) is 0 Å². The summed E-state index contributed by atoms with van der Waals surface area (Å²) in [6, 6.07) is 1.94. The fourth-order valence-electron chi connectivity index (χ4n) is 3.20. The number of carbonyl (C=O) groups is 1. The first-order valence-corrected chi connectivity index (χ1v) is 8.37. The van der Waals surface area contributed by atoms with E-state index in [-0.39, 0.29) is 5.91 Å². The van der Waals surface area contributed by atoms with E-state index in [1.165, 1.54) is 0 Å². The molecule has 1 N–H and O–H groups in total. The molecule has 2 fully saturated rings. The van der Waals surface area contributed by atoms with Crippen molar-refractivity contribution in [1.82, 2.24) is 14.9 Å². The number of aromatic nitrogens is 2. The van der Waals surface area contributed by atoms with Crippen molar-refractivity contribution < 1.29 is 9.53 Å². The normalized spacial score (nSPS) is 19.7. The Morgan fingerprint density at radius 3 is 2.74 bits per heavy atom. The molecule has 0 unspecified atom stereocenters. The number of amides is 1. The van der Waals surface area contributed by atoms with E-state index in [0.717, 1.165) is 44.8 Å². The average Bonchev–Trinajstić information content (AvgIpc) is 2.63. The van der Waals surface area contributed by atoms with Crippen LogP contribution >= 0.6 is 0 Å². The standard InChI is InChI=1S/C16H25N5O2/c1-17-16-18-5-2-14(19-16)20-6-3-13(4-7-20)12-15(22)21-8-10-23-11-9-21/h2,5,13H,3-4,6-12H2,1H3,(H,17,18,19). The average molecular weight is 319 g/mol. The van der Waals surface area contributed by atoms with Gasteiger partial charge >= 0.3 is 0 Å². The fraction of sp³-hybridized carbons (Fsp3) is 0.688. The van der Waals surface area contributed by atoms with Gasteiger partial charge in [0.05, 0.1) is 13.2 Å². The van der Waals surface area contributed by atoms with Crippen molar-refractivity contribution in [3.63, 3.8) is 0 Å². The van der Waals surface area contributed by atoms with Crippen LogP contribution in [0.15, 0.2) is 12.3 Å². The first-order chi connectivity index (χ1) is 11.3. The van der Waals surface area contributed by atoms with E-state index < -0.39 is 0 Å². The predicted molar refractivity (Wildman–Crippen MR) is 88.5 cm³/mol. The Kier molecular flexibility index (Phi) is 5.27. The highest BCUT2D eigenvalue weighted by atomic mass is 16.5. The van der Waals surface area contributed by atoms with E-state index in [1.54, 1.807) is 6.20 Å². The van der Waals surface area contributed by atoms with Gasteiger partial charge < -0.3 is 19.9 Å². The Labute approximate surface area is 137 Å². The molecule has 1 aromatic rings. The molecule has 0 spiro atoms. The summed E-state index contributed by atoms with van der Waals surface area (Å²) in [5, 5.41) is 2.97. The monoisotopic (exact) mass is 319 g/mol. The molecule has 0 radical (unpaired) electrons. The van der Waals surface area contributed by atoms with Gasteiger partial charge in [-0.15, -0.1) is 0 Å². The van der Waals surface area contributed by atoms with Crippen LogP contribution in [0.25, 0.3) is 0 Å². The summed E-state index contributed by atoms with van der Waals surface area (Å²) < 4.78 is 5.30. The van der Waals surface area contributed by atoms with E-state index in [1.807, 2.05) is 18.0 Å². The highest BCUT2D eigenvalue weighted by Crippen LogP contribution is 2.25. The first-order valence-electron chi connectivity index (χ1n) is 8.37. The van der Waals surface area contributed by atoms with E-state index >= 15 is 0 Å². The molecule has 1 amide bonds. The van der Waals surface area contributed by atoms with Gasteiger partial charge in [-0.3, -0.25) is 4.79 Å². The number of nitrogens with one attached hydrogen (secondary N) is 1. The number of ether oxygens (including phenoxy) is 1. The number of morpholine rings is 1. The molecule has 3 heterocycles. The Balaban J connectivity index is 1.49. The molecule has 0 atom stereocenters. The van der Waals surface area contributed by atoms with Crippen molar-refractivity contribution >= 4 is 17.7 Å². The smallest absolute Gasteiger partial charge is 0.224 e. The number of nitrogens with zero attached hydrogens (tertiary/aromatic N) is 4. The molecule has 2 saturated heterocycles. The second kappa shape index (κ2) is 7.59. The van der Waals surface area contributed by atoms with E-state index in [9.17, 15) is 4.79 Å². The maximum Gasteiger partial charge on any atom is 0.224 e. The molecule has 0 aromatic carbocycles. The van der Waals surface area contributed by atoms with Crippen molar-refractivity contribution in [2.75, 3.05) is 56.7 Å². The molecule has 3 rings (SSSR count). The van der Waals surface area contributed by atoms with E-state index in [0.29, 0.717) is 31.5 Å². The maximum atomic E-state index is 12.3. The largest absolute Gasteiger partial charge is 0.378 e. The molecule has 1 aromatic heterocycles. The van der Waals surface area contributed by atoms with Gasteiger partial charge in [-0.1, -0.05) is 0 Å². The third-order valence-corrected chi connectivity index (χ3v) is 4.63. The third-order valence-electron chi connectivity index (χ3n) is 4.63. The minimum absolute atomic E-state index is 0.284. The molecular weight excluding hydrogens is 294 g/mol. The lowest BCUT2D eigenvalue weighted by Crippen LogP contribution is -2.42. The summed E-state index contributed by atoms with van der Waals surface area (Å²) in [7, 11) is 1.82. The van der Waals surface area contributed by atoms with Crippen LogP contribution in [-0.4, -0.2) is 67.2 Å². The minimum atomic E-state index is 0.284. The first kappa shape index (κ1) is 16.0. The van der Waals surface area contributed by atoms with Crippen molar-refractivity contribution in [1.29, 1.82) is 0 Å². The van der Waals surface area contributed by atoms with Gasteiger partial charge in [0.1, 0.15) is 5.82 Å². The minimum Gasteiger partial charge on any atom is -0.378 e. The summed E-state index contributed by atoms with van der Waals surface area (Å²) >= 11 is 0. The number of hydrogen-bond acceptors (Lipinski definition) is 6. The zero-order valence-electron chi connectivity index (χ0n) is 13.7. The molecule has 2 aliphatic heterocycles. The van der Waals surface area contributed by atoms with Crippen LogP contribution in [0.1, 0.15) is 19.3 Å². The second-order valence-electron chi connectivity index (χ2n) is 6.12. The van der Waals surface area contributed by atoms with Gasteiger partial charge in [0.2, 0.25) is 11.9 Å². The molecule has 0 aliphatic carbocycles. The van der Waals surface area contributed by atoms with E-state index in [4.69, 9.17) is 4.74 Å². The second-order valence-corrected chi connectivity index (χ2v) is 6.12. The highest BCUT2D eigenvalue weighted by Gasteiger charge is 2.25. The lowest BCUT2D eigenvalue weighted by Gasteiger charge is -2.34. The van der Waals surface area contributed by atoms with Crippen molar-refractivity contribution in [3.05, 3.63) is 12.3 Å². The lowest BCUT2D eigenvalue weighted by molar-refractivity contribution is -0.136. The highest BCUT2D eigenvalue weighted by molar-refractivity contribution is 5.76. The van der Waals surface area contributed by atoms with Gasteiger partial charge in [0.15, 0.2) is 0 Å². The number of carbonyl (C=O) groups excluding carboxylic acids is 1. The maximum absolute atomic E-state index is 12.3. The van der Waals surface area contributed by atoms with Crippen molar-refractivity contribution in [2.45, 2.75) is 19.3 Å². The summed E-state index contributed by atoms with van der Waals surface area (Å²) in [5.41, 5.74) is 0. The van der Waals surface area contributed by atoms with Crippen LogP contribution in [0.3, 0.4) is 0 Å². The quantitative estimate of drug-likeness (QED) is 0.892. The topological polar surface area (TPSA) is 70.6 Å². The third kappa shape index (κ3) is 4.10.